The van der Waals surface area contributed by atoms with E-state index >= 15 is 0 Å². The van der Waals surface area contributed by atoms with Gasteiger partial charge in [-0.3, -0.25) is 0 Å². The minimum atomic E-state index is -0.768. The summed E-state index contributed by atoms with van der Waals surface area (Å²) in [5.74, 6) is 0. The van der Waals surface area contributed by atoms with Crippen molar-refractivity contribution < 1.29 is 0 Å². The largest absolute Gasteiger partial charge is 0.223 e. The van der Waals surface area contributed by atoms with Gasteiger partial charge in [0.1, 0.15) is 0 Å². The zero-order valence-electron chi connectivity index (χ0n) is 13.9. The predicted octanol–water partition coefficient (Wildman–Crippen LogP) is 6.10. The van der Waals surface area contributed by atoms with Gasteiger partial charge in [0.15, 0.2) is 0 Å². The van der Waals surface area contributed by atoms with Crippen molar-refractivity contribution in [3.05, 3.63) is 27.7 Å². The van der Waals surface area contributed by atoms with E-state index in [2.05, 4.69) is 88.4 Å². The highest BCUT2D eigenvalue weighted by Crippen LogP contribution is 2.54. The molecule has 1 aromatic rings. The quantitative estimate of drug-likeness (QED) is 0.577. The molecule has 0 aliphatic heterocycles. The van der Waals surface area contributed by atoms with Crippen molar-refractivity contribution >= 4 is 26.0 Å². The molecule has 2 heteroatoms. The van der Waals surface area contributed by atoms with Crippen LogP contribution in [0.2, 0.25) is 0 Å². The molecule has 0 aromatic heterocycles. The third kappa shape index (κ3) is 4.01. The summed E-state index contributed by atoms with van der Waals surface area (Å²) >= 11 is 3.71. The molecule has 0 saturated carbocycles. The summed E-state index contributed by atoms with van der Waals surface area (Å²) in [6, 6.07) is 4.64. The minimum Gasteiger partial charge on any atom is -0.223 e. The van der Waals surface area contributed by atoms with Crippen molar-refractivity contribution in [1.29, 1.82) is 0 Å². The molecule has 0 atom stereocenters. The first-order valence-electron chi connectivity index (χ1n) is 6.77. The number of benzene rings is 1. The van der Waals surface area contributed by atoms with Crippen LogP contribution in [0.25, 0.3) is 0 Å². The highest BCUT2D eigenvalue weighted by atomic mass is 79.9. The fourth-order valence-corrected chi connectivity index (χ4v) is 4.88. The maximum atomic E-state index is 3.71. The molecule has 0 nitrogen and oxygen atoms in total. The van der Waals surface area contributed by atoms with Crippen molar-refractivity contribution in [3.8, 4) is 0 Å². The van der Waals surface area contributed by atoms with Gasteiger partial charge in [-0.2, -0.15) is 0 Å². The summed E-state index contributed by atoms with van der Waals surface area (Å²) in [5.41, 5.74) is 3.35. The van der Waals surface area contributed by atoms with Gasteiger partial charge < -0.3 is 0 Å². The van der Waals surface area contributed by atoms with Crippen molar-refractivity contribution in [2.45, 2.75) is 57.3 Å². The lowest BCUT2D eigenvalue weighted by molar-refractivity contribution is 0.545. The maximum Gasteiger partial charge on any atom is 0.0181 e. The summed E-state index contributed by atoms with van der Waals surface area (Å²) in [6.45, 7) is 13.9. The highest BCUT2D eigenvalue weighted by Gasteiger charge is 2.30. The van der Waals surface area contributed by atoms with Gasteiger partial charge in [-0.05, 0) is 57.8 Å². The van der Waals surface area contributed by atoms with Crippen LogP contribution in [0.1, 0.15) is 52.7 Å². The average Bonchev–Trinajstić information content (AvgIpc) is 2.11. The number of hydrogen-bond acceptors (Lipinski definition) is 0. The third-order valence-corrected chi connectivity index (χ3v) is 5.40. The molecule has 1 rings (SSSR count). The summed E-state index contributed by atoms with van der Waals surface area (Å²) in [7, 11) is -0.768. The fraction of sp³-hybridized carbons (Fsp3) is 0.647. The molecule has 0 aliphatic carbocycles. The Morgan fingerprint density at radius 3 is 1.32 bits per heavy atom. The van der Waals surface area contributed by atoms with Gasteiger partial charge in [0.2, 0.25) is 0 Å². The van der Waals surface area contributed by atoms with Crippen molar-refractivity contribution in [1.82, 2.24) is 0 Å². The zero-order valence-corrected chi connectivity index (χ0v) is 16.3. The first kappa shape index (κ1) is 17.1. The van der Waals surface area contributed by atoms with Crippen LogP contribution in [0.3, 0.4) is 0 Å². The second-order valence-electron chi connectivity index (χ2n) is 8.17. The monoisotopic (exact) mass is 344 g/mol. The Hall–Kier alpha value is 0.0500. The van der Waals surface area contributed by atoms with E-state index in [-0.39, 0.29) is 10.8 Å². The molecule has 0 radical (unpaired) electrons. The molecular formula is C17H29BrS. The molecule has 1 aromatic carbocycles. The van der Waals surface area contributed by atoms with Crippen LogP contribution in [-0.4, -0.2) is 18.8 Å². The van der Waals surface area contributed by atoms with E-state index < -0.39 is 10.0 Å². The summed E-state index contributed by atoms with van der Waals surface area (Å²) < 4.78 is 1.20. The van der Waals surface area contributed by atoms with E-state index in [0.29, 0.717) is 0 Å². The second kappa shape index (κ2) is 5.11. The lowest BCUT2D eigenvalue weighted by atomic mass is 9.80. The lowest BCUT2D eigenvalue weighted by Gasteiger charge is -2.39. The van der Waals surface area contributed by atoms with Crippen molar-refractivity contribution in [3.63, 3.8) is 0 Å². The number of rotatable bonds is 1. The summed E-state index contributed by atoms with van der Waals surface area (Å²) in [5, 5.41) is 0. The van der Waals surface area contributed by atoms with Gasteiger partial charge in [-0.25, -0.2) is 10.0 Å². The standard InChI is InChI=1S/C17H29BrS/c1-16(2,3)13-10-12(18)11-14(17(4,5)6)15(13)19(7,8)9/h10-11H,1-9H3. The second-order valence-corrected chi connectivity index (χ2v) is 13.2. The molecule has 0 heterocycles. The average molecular weight is 345 g/mol. The minimum absolute atomic E-state index is 0.180. The first-order chi connectivity index (χ1) is 8.24. The van der Waals surface area contributed by atoms with E-state index in [4.69, 9.17) is 0 Å². The number of hydrogen-bond donors (Lipinski definition) is 0. The Morgan fingerprint density at radius 2 is 1.11 bits per heavy atom. The molecular weight excluding hydrogens is 316 g/mol. The molecule has 0 aliphatic rings. The van der Waals surface area contributed by atoms with E-state index in [1.165, 1.54) is 15.6 Å². The van der Waals surface area contributed by atoms with Crippen molar-refractivity contribution in [2.24, 2.45) is 0 Å². The zero-order chi connectivity index (χ0) is 15.2. The summed E-state index contributed by atoms with van der Waals surface area (Å²) in [4.78, 5) is 1.59. The van der Waals surface area contributed by atoms with Gasteiger partial charge >= 0.3 is 0 Å². The molecule has 0 N–H and O–H groups in total. The van der Waals surface area contributed by atoms with Crippen LogP contribution >= 0.6 is 26.0 Å². The third-order valence-electron chi connectivity index (χ3n) is 3.28. The lowest BCUT2D eigenvalue weighted by Crippen LogP contribution is -2.22. The summed E-state index contributed by atoms with van der Waals surface area (Å²) in [6.07, 6.45) is 7.21. The molecule has 0 fully saturated rings. The van der Waals surface area contributed by atoms with Gasteiger partial charge in [-0.1, -0.05) is 57.5 Å². The van der Waals surface area contributed by atoms with E-state index in [1.807, 2.05) is 0 Å². The van der Waals surface area contributed by atoms with Crippen LogP contribution in [0, 0.1) is 0 Å². The molecule has 19 heavy (non-hydrogen) atoms. The Kier molecular flexibility index (Phi) is 4.60. The van der Waals surface area contributed by atoms with Crippen LogP contribution in [0.4, 0.5) is 0 Å². The van der Waals surface area contributed by atoms with E-state index in [9.17, 15) is 0 Å². The van der Waals surface area contributed by atoms with Crippen LogP contribution < -0.4 is 0 Å². The van der Waals surface area contributed by atoms with Gasteiger partial charge in [-0.15, -0.1) is 0 Å². The highest BCUT2D eigenvalue weighted by molar-refractivity contribution is 9.10. The fourth-order valence-electron chi connectivity index (χ4n) is 2.37. The molecule has 0 spiro atoms. The van der Waals surface area contributed by atoms with Crippen LogP contribution in [-0.2, 0) is 10.8 Å². The Bertz CT molecular complexity index is 433. The molecule has 0 unspecified atom stereocenters. The molecule has 110 valence electrons. The SMILES string of the molecule is CC(C)(C)c1cc(Br)cc(C(C)(C)C)c1S(C)(C)C. The first-order valence-corrected chi connectivity index (χ1v) is 10.4. The molecule has 0 amide bonds. The Morgan fingerprint density at radius 1 is 0.789 bits per heavy atom. The smallest absolute Gasteiger partial charge is 0.0181 e. The normalized spacial score (nSPS) is 14.6. The van der Waals surface area contributed by atoms with Crippen LogP contribution in [0.15, 0.2) is 21.5 Å². The van der Waals surface area contributed by atoms with Gasteiger partial charge in [0.05, 0.1) is 0 Å². The maximum absolute atomic E-state index is 3.71. The van der Waals surface area contributed by atoms with Gasteiger partial charge in [0, 0.05) is 4.47 Å². The number of halogens is 1. The predicted molar refractivity (Wildman–Crippen MR) is 95.2 cm³/mol. The van der Waals surface area contributed by atoms with Crippen molar-refractivity contribution in [2.75, 3.05) is 18.8 Å². The molecule has 0 saturated heterocycles. The Labute approximate surface area is 129 Å². The van der Waals surface area contributed by atoms with Gasteiger partial charge in [0.25, 0.3) is 0 Å². The van der Waals surface area contributed by atoms with E-state index in [1.54, 1.807) is 4.90 Å². The Balaban J connectivity index is 3.80. The molecule has 0 bridgehead atoms. The van der Waals surface area contributed by atoms with Crippen LogP contribution in [0.5, 0.6) is 0 Å². The topological polar surface area (TPSA) is 0 Å². The van der Waals surface area contributed by atoms with E-state index in [0.717, 1.165) is 0 Å².